The van der Waals surface area contributed by atoms with Crippen LogP contribution in [-0.2, 0) is 13.2 Å². The third-order valence-corrected chi connectivity index (χ3v) is 5.51. The van der Waals surface area contributed by atoms with Crippen LogP contribution in [0.15, 0.2) is 70.7 Å². The van der Waals surface area contributed by atoms with Crippen LogP contribution in [0.2, 0.25) is 5.02 Å². The molecule has 30 heavy (non-hydrogen) atoms. The lowest BCUT2D eigenvalue weighted by Gasteiger charge is -2.09. The number of halogens is 2. The fourth-order valence-corrected chi connectivity index (χ4v) is 3.73. The van der Waals surface area contributed by atoms with Crippen molar-refractivity contribution in [3.8, 4) is 16.3 Å². The van der Waals surface area contributed by atoms with Crippen LogP contribution >= 0.6 is 22.9 Å². The lowest BCUT2D eigenvalue weighted by Crippen LogP contribution is -2.22. The molecule has 0 unspecified atom stereocenters. The van der Waals surface area contributed by atoms with Crippen molar-refractivity contribution in [2.45, 2.75) is 13.2 Å². The fourth-order valence-electron chi connectivity index (χ4n) is 2.71. The van der Waals surface area contributed by atoms with E-state index < -0.39 is 5.82 Å². The number of amides is 1. The molecule has 5 nitrogen and oxygen atoms in total. The average molecular weight is 443 g/mol. The summed E-state index contributed by atoms with van der Waals surface area (Å²) in [5, 5.41) is 5.31. The Hall–Kier alpha value is -3.16. The molecule has 4 aromatic rings. The normalized spacial score (nSPS) is 10.7. The molecule has 1 N–H and O–H groups in total. The SMILES string of the molecule is O=C(NCc1ccco1)c1csc(-c2ccc(OCc3ccccc3Cl)cc2F)n1. The summed E-state index contributed by atoms with van der Waals surface area (Å²) in [6.45, 7) is 0.486. The third kappa shape index (κ3) is 4.69. The Morgan fingerprint density at radius 2 is 2.07 bits per heavy atom. The second kappa shape index (κ2) is 9.11. The number of carbonyl (C=O) groups is 1. The second-order valence-electron chi connectivity index (χ2n) is 6.32. The van der Waals surface area contributed by atoms with Gasteiger partial charge in [-0.25, -0.2) is 9.37 Å². The number of furan rings is 1. The summed E-state index contributed by atoms with van der Waals surface area (Å²) in [5.74, 6) is 0.180. The number of nitrogens with zero attached hydrogens (tertiary/aromatic N) is 1. The van der Waals surface area contributed by atoms with Crippen LogP contribution < -0.4 is 10.1 Å². The van der Waals surface area contributed by atoms with E-state index in [4.69, 9.17) is 20.8 Å². The zero-order valence-corrected chi connectivity index (χ0v) is 17.2. The maximum absolute atomic E-state index is 14.6. The molecule has 0 saturated carbocycles. The minimum absolute atomic E-state index is 0.222. The van der Waals surface area contributed by atoms with E-state index in [9.17, 15) is 9.18 Å². The van der Waals surface area contributed by atoms with Gasteiger partial charge in [-0.1, -0.05) is 29.8 Å². The molecule has 0 radical (unpaired) electrons. The molecule has 0 bridgehead atoms. The van der Waals surface area contributed by atoms with Crippen LogP contribution in [0.3, 0.4) is 0 Å². The molecule has 0 aliphatic carbocycles. The maximum Gasteiger partial charge on any atom is 0.271 e. The Bertz CT molecular complexity index is 1160. The molecular weight excluding hydrogens is 427 g/mol. The van der Waals surface area contributed by atoms with Crippen molar-refractivity contribution in [2.24, 2.45) is 0 Å². The Balaban J connectivity index is 1.42. The van der Waals surface area contributed by atoms with Gasteiger partial charge in [-0.3, -0.25) is 4.79 Å². The first-order valence-electron chi connectivity index (χ1n) is 9.02. The summed E-state index contributed by atoms with van der Waals surface area (Å²) in [4.78, 5) is 16.5. The number of carbonyl (C=O) groups excluding carboxylic acids is 1. The van der Waals surface area contributed by atoms with Crippen LogP contribution in [0.1, 0.15) is 21.8 Å². The smallest absolute Gasteiger partial charge is 0.271 e. The number of rotatable bonds is 7. The van der Waals surface area contributed by atoms with Crippen LogP contribution in [-0.4, -0.2) is 10.9 Å². The summed E-state index contributed by atoms with van der Waals surface area (Å²) < 4.78 is 25.4. The first-order valence-corrected chi connectivity index (χ1v) is 10.3. The van der Waals surface area contributed by atoms with Crippen LogP contribution in [0.5, 0.6) is 5.75 Å². The van der Waals surface area contributed by atoms with E-state index in [1.807, 2.05) is 18.2 Å². The summed E-state index contributed by atoms with van der Waals surface area (Å²) in [5.41, 5.74) is 1.34. The Labute approximate surface area is 181 Å². The standard InChI is InChI=1S/C22H16ClFN2O3S/c23-18-6-2-1-4-14(18)12-29-15-7-8-17(19(24)10-15)22-26-20(13-30-22)21(27)25-11-16-5-3-9-28-16/h1-10,13H,11-12H2,(H,25,27). The van der Waals surface area contributed by atoms with Gasteiger partial charge in [0, 0.05) is 27.6 Å². The van der Waals surface area contributed by atoms with E-state index in [1.165, 1.54) is 23.7 Å². The summed E-state index contributed by atoms with van der Waals surface area (Å²) in [6, 6.07) is 15.4. The quantitative estimate of drug-likeness (QED) is 0.398. The van der Waals surface area contributed by atoms with Crippen molar-refractivity contribution in [1.29, 1.82) is 0 Å². The molecule has 152 valence electrons. The van der Waals surface area contributed by atoms with Crippen LogP contribution in [0, 0.1) is 5.82 Å². The number of aromatic nitrogens is 1. The van der Waals surface area contributed by atoms with Gasteiger partial charge in [-0.05, 0) is 30.3 Å². The number of nitrogens with one attached hydrogen (secondary N) is 1. The van der Waals surface area contributed by atoms with E-state index in [1.54, 1.807) is 35.7 Å². The average Bonchev–Trinajstić information content (AvgIpc) is 3.44. The van der Waals surface area contributed by atoms with Crippen LogP contribution in [0.4, 0.5) is 4.39 Å². The van der Waals surface area contributed by atoms with Crippen molar-refractivity contribution >= 4 is 28.8 Å². The van der Waals surface area contributed by atoms with Gasteiger partial charge in [0.1, 0.15) is 34.6 Å². The largest absolute Gasteiger partial charge is 0.489 e. The monoisotopic (exact) mass is 442 g/mol. The van der Waals surface area contributed by atoms with Crippen molar-refractivity contribution in [1.82, 2.24) is 10.3 Å². The Morgan fingerprint density at radius 1 is 1.20 bits per heavy atom. The zero-order valence-electron chi connectivity index (χ0n) is 15.6. The highest BCUT2D eigenvalue weighted by Crippen LogP contribution is 2.29. The van der Waals surface area contributed by atoms with Crippen LogP contribution in [0.25, 0.3) is 10.6 Å². The molecule has 0 fully saturated rings. The minimum Gasteiger partial charge on any atom is -0.489 e. The van der Waals surface area contributed by atoms with Gasteiger partial charge < -0.3 is 14.5 Å². The third-order valence-electron chi connectivity index (χ3n) is 4.26. The van der Waals surface area contributed by atoms with Gasteiger partial charge in [0.2, 0.25) is 0 Å². The number of hydrogen-bond acceptors (Lipinski definition) is 5. The predicted octanol–water partition coefficient (Wildman–Crippen LogP) is 5.70. The zero-order chi connectivity index (χ0) is 20.9. The van der Waals surface area contributed by atoms with Gasteiger partial charge in [0.05, 0.1) is 12.8 Å². The molecule has 0 aliphatic rings. The van der Waals surface area contributed by atoms with E-state index >= 15 is 0 Å². The van der Waals surface area contributed by atoms with Gasteiger partial charge in [0.15, 0.2) is 0 Å². The minimum atomic E-state index is -0.483. The number of hydrogen-bond donors (Lipinski definition) is 1. The van der Waals surface area contributed by atoms with E-state index in [-0.39, 0.29) is 24.8 Å². The van der Waals surface area contributed by atoms with E-state index in [2.05, 4.69) is 10.3 Å². The number of thiazole rings is 1. The summed E-state index contributed by atoms with van der Waals surface area (Å²) in [6.07, 6.45) is 1.53. The fraction of sp³-hybridized carbons (Fsp3) is 0.0909. The molecule has 1 amide bonds. The topological polar surface area (TPSA) is 64.4 Å². The van der Waals surface area contributed by atoms with Crippen molar-refractivity contribution < 1.29 is 18.3 Å². The lowest BCUT2D eigenvalue weighted by atomic mass is 10.2. The summed E-state index contributed by atoms with van der Waals surface area (Å²) in [7, 11) is 0. The Morgan fingerprint density at radius 3 is 2.83 bits per heavy atom. The van der Waals surface area contributed by atoms with Crippen molar-refractivity contribution in [3.05, 3.63) is 94.1 Å². The van der Waals surface area contributed by atoms with Gasteiger partial charge in [-0.2, -0.15) is 0 Å². The molecule has 0 saturated heterocycles. The predicted molar refractivity (Wildman–Crippen MR) is 113 cm³/mol. The Kier molecular flexibility index (Phi) is 6.11. The number of benzene rings is 2. The molecule has 0 spiro atoms. The molecule has 0 atom stereocenters. The van der Waals surface area contributed by atoms with Gasteiger partial charge in [-0.15, -0.1) is 11.3 Å². The highest BCUT2D eigenvalue weighted by atomic mass is 35.5. The van der Waals surface area contributed by atoms with Crippen molar-refractivity contribution in [3.63, 3.8) is 0 Å². The molecular formula is C22H16ClFN2O3S. The maximum atomic E-state index is 14.6. The molecule has 2 heterocycles. The van der Waals surface area contributed by atoms with Gasteiger partial charge in [0.25, 0.3) is 5.91 Å². The molecule has 2 aromatic carbocycles. The first kappa shape index (κ1) is 20.1. The van der Waals surface area contributed by atoms with E-state index in [0.717, 1.165) is 5.56 Å². The van der Waals surface area contributed by atoms with E-state index in [0.29, 0.717) is 27.1 Å². The second-order valence-corrected chi connectivity index (χ2v) is 7.59. The van der Waals surface area contributed by atoms with Crippen molar-refractivity contribution in [2.75, 3.05) is 0 Å². The highest BCUT2D eigenvalue weighted by Gasteiger charge is 2.15. The number of ether oxygens (including phenoxy) is 1. The first-order chi connectivity index (χ1) is 14.6. The highest BCUT2D eigenvalue weighted by molar-refractivity contribution is 7.13. The molecule has 8 heteroatoms. The molecule has 0 aliphatic heterocycles. The van der Waals surface area contributed by atoms with Gasteiger partial charge >= 0.3 is 0 Å². The summed E-state index contributed by atoms with van der Waals surface area (Å²) >= 11 is 7.30. The lowest BCUT2D eigenvalue weighted by molar-refractivity contribution is 0.0944. The molecule has 4 rings (SSSR count). The molecule has 2 aromatic heterocycles.